The first-order chi connectivity index (χ1) is 5.27. The van der Waals surface area contributed by atoms with Gasteiger partial charge in [-0.15, -0.1) is 0 Å². The summed E-state index contributed by atoms with van der Waals surface area (Å²) in [4.78, 5) is 15.8. The van der Waals surface area contributed by atoms with Crippen LogP contribution in [0.5, 0.6) is 5.88 Å². The molecule has 0 unspecified atom stereocenters. The van der Waals surface area contributed by atoms with Crippen molar-refractivity contribution in [3.8, 4) is 5.88 Å². The number of aromatic hydroxyl groups is 1. The molecule has 2 aromatic rings. The summed E-state index contributed by atoms with van der Waals surface area (Å²) in [6.45, 7) is 0. The normalized spacial score (nSPS) is 10.5. The van der Waals surface area contributed by atoms with Crippen molar-refractivity contribution >= 4 is 10.9 Å². The van der Waals surface area contributed by atoms with E-state index in [0.717, 1.165) is 0 Å². The molecule has 0 amide bonds. The fraction of sp³-hybridized carbons (Fsp3) is 0. The summed E-state index contributed by atoms with van der Waals surface area (Å²) in [6, 6.07) is 3.15. The second-order valence-electron chi connectivity index (χ2n) is 2.29. The van der Waals surface area contributed by atoms with Crippen molar-refractivity contribution in [3.63, 3.8) is 0 Å². The van der Waals surface area contributed by atoms with Crippen LogP contribution in [0.25, 0.3) is 10.9 Å². The molecule has 56 valence electrons. The van der Waals surface area contributed by atoms with Crippen molar-refractivity contribution < 1.29 is 5.11 Å². The molecule has 2 aromatic heterocycles. The number of H-pyrrole nitrogens is 2. The van der Waals surface area contributed by atoms with E-state index in [1.54, 1.807) is 12.3 Å². The molecular formula is C7H6N2O2. The highest BCUT2D eigenvalue weighted by Crippen LogP contribution is 2.16. The predicted octanol–water partition coefficient (Wildman–Crippen LogP) is 0.562. The molecule has 0 aliphatic carbocycles. The Morgan fingerprint density at radius 1 is 1.45 bits per heavy atom. The lowest BCUT2D eigenvalue weighted by atomic mass is 10.3. The zero-order valence-corrected chi connectivity index (χ0v) is 5.59. The summed E-state index contributed by atoms with van der Waals surface area (Å²) in [6.07, 6.45) is 1.66. The van der Waals surface area contributed by atoms with E-state index < -0.39 is 0 Å². The fourth-order valence-corrected chi connectivity index (χ4v) is 1.06. The van der Waals surface area contributed by atoms with Gasteiger partial charge < -0.3 is 10.1 Å². The average molecular weight is 150 g/mol. The van der Waals surface area contributed by atoms with E-state index in [0.29, 0.717) is 10.9 Å². The summed E-state index contributed by atoms with van der Waals surface area (Å²) in [5, 5.41) is 9.87. The van der Waals surface area contributed by atoms with E-state index in [-0.39, 0.29) is 11.4 Å². The van der Waals surface area contributed by atoms with Crippen LogP contribution in [0.4, 0.5) is 0 Å². The van der Waals surface area contributed by atoms with Gasteiger partial charge in [0.1, 0.15) is 5.52 Å². The van der Waals surface area contributed by atoms with Crippen LogP contribution < -0.4 is 5.56 Å². The van der Waals surface area contributed by atoms with Crippen molar-refractivity contribution in [3.05, 3.63) is 28.7 Å². The van der Waals surface area contributed by atoms with E-state index in [1.165, 1.54) is 6.07 Å². The Labute approximate surface area is 61.5 Å². The van der Waals surface area contributed by atoms with E-state index in [1.807, 2.05) is 0 Å². The molecule has 0 aliphatic rings. The largest absolute Gasteiger partial charge is 0.493 e. The minimum absolute atomic E-state index is 0.113. The van der Waals surface area contributed by atoms with Gasteiger partial charge in [-0.2, -0.15) is 0 Å². The second kappa shape index (κ2) is 1.88. The van der Waals surface area contributed by atoms with Crippen LogP contribution in [0.15, 0.2) is 23.1 Å². The lowest BCUT2D eigenvalue weighted by Crippen LogP contribution is -2.01. The van der Waals surface area contributed by atoms with E-state index in [4.69, 9.17) is 5.11 Å². The highest BCUT2D eigenvalue weighted by atomic mass is 16.3. The van der Waals surface area contributed by atoms with Gasteiger partial charge in [0.25, 0.3) is 5.56 Å². The number of hydrogen-bond donors (Lipinski definition) is 3. The molecule has 0 fully saturated rings. The van der Waals surface area contributed by atoms with Crippen LogP contribution in [0, 0.1) is 0 Å². The van der Waals surface area contributed by atoms with Gasteiger partial charge in [-0.05, 0) is 6.07 Å². The first-order valence-corrected chi connectivity index (χ1v) is 3.17. The molecule has 0 aromatic carbocycles. The first kappa shape index (κ1) is 6.03. The molecule has 0 saturated heterocycles. The van der Waals surface area contributed by atoms with Crippen molar-refractivity contribution in [2.45, 2.75) is 0 Å². The third-order valence-corrected chi connectivity index (χ3v) is 1.54. The van der Waals surface area contributed by atoms with Crippen LogP contribution in [0.2, 0.25) is 0 Å². The van der Waals surface area contributed by atoms with Gasteiger partial charge in [-0.1, -0.05) is 0 Å². The summed E-state index contributed by atoms with van der Waals surface area (Å²) < 4.78 is 0. The molecule has 0 bridgehead atoms. The Morgan fingerprint density at radius 3 is 3.09 bits per heavy atom. The van der Waals surface area contributed by atoms with Crippen LogP contribution in [0.1, 0.15) is 0 Å². The topological polar surface area (TPSA) is 68.9 Å². The Morgan fingerprint density at radius 2 is 2.27 bits per heavy atom. The average Bonchev–Trinajstić information content (AvgIpc) is 2.34. The summed E-state index contributed by atoms with van der Waals surface area (Å²) in [5.41, 5.74) is 0.263. The van der Waals surface area contributed by atoms with Gasteiger partial charge in [0, 0.05) is 17.6 Å². The predicted molar refractivity (Wildman–Crippen MR) is 40.6 cm³/mol. The monoisotopic (exact) mass is 150 g/mol. The molecule has 2 rings (SSSR count). The molecule has 4 nitrogen and oxygen atoms in total. The molecule has 0 spiro atoms. The summed E-state index contributed by atoms with van der Waals surface area (Å²) >= 11 is 0. The van der Waals surface area contributed by atoms with Crippen LogP contribution in [0.3, 0.4) is 0 Å². The highest BCUT2D eigenvalue weighted by Gasteiger charge is 2.00. The first-order valence-electron chi connectivity index (χ1n) is 3.17. The maximum Gasteiger partial charge on any atom is 0.251 e. The van der Waals surface area contributed by atoms with Crippen molar-refractivity contribution in [2.75, 3.05) is 0 Å². The molecule has 0 atom stereocenters. The Kier molecular flexibility index (Phi) is 1.03. The van der Waals surface area contributed by atoms with Crippen molar-refractivity contribution in [2.24, 2.45) is 0 Å². The Bertz CT molecular complexity index is 441. The third kappa shape index (κ3) is 0.797. The standard InChI is InChI=1S/C7H6N2O2/c10-5-3-4-1-2-8-6(4)7(11)9-5/h1-3,8H,(H2,9,10,11). The van der Waals surface area contributed by atoms with Gasteiger partial charge in [-0.3, -0.25) is 9.78 Å². The maximum absolute atomic E-state index is 10.8. The quantitative estimate of drug-likeness (QED) is 0.513. The lowest BCUT2D eigenvalue weighted by Gasteiger charge is -1.91. The molecule has 4 heteroatoms. The van der Waals surface area contributed by atoms with Gasteiger partial charge in [0.2, 0.25) is 5.88 Å². The number of rotatable bonds is 0. The van der Waals surface area contributed by atoms with Gasteiger partial charge in [-0.25, -0.2) is 0 Å². The minimum Gasteiger partial charge on any atom is -0.493 e. The smallest absolute Gasteiger partial charge is 0.251 e. The number of aromatic nitrogens is 2. The molecule has 0 radical (unpaired) electrons. The molecule has 11 heavy (non-hydrogen) atoms. The summed E-state index contributed by atoms with van der Waals surface area (Å²) in [5.74, 6) is -0.113. The number of pyridine rings is 1. The SMILES string of the molecule is O=c1cc2cc[nH]c2c(O)[nH]1. The number of hydrogen-bond acceptors (Lipinski definition) is 2. The maximum atomic E-state index is 10.8. The number of fused-ring (bicyclic) bond motifs is 1. The fourth-order valence-electron chi connectivity index (χ4n) is 1.06. The van der Waals surface area contributed by atoms with E-state index in [9.17, 15) is 4.79 Å². The van der Waals surface area contributed by atoms with Gasteiger partial charge in [0.05, 0.1) is 0 Å². The highest BCUT2D eigenvalue weighted by molar-refractivity contribution is 5.82. The zero-order chi connectivity index (χ0) is 7.84. The van der Waals surface area contributed by atoms with Crippen molar-refractivity contribution in [1.82, 2.24) is 9.97 Å². The van der Waals surface area contributed by atoms with Gasteiger partial charge in [0.15, 0.2) is 0 Å². The van der Waals surface area contributed by atoms with Crippen LogP contribution in [-0.2, 0) is 0 Å². The number of nitrogens with one attached hydrogen (secondary N) is 2. The Balaban J connectivity index is 3.02. The summed E-state index contributed by atoms with van der Waals surface area (Å²) in [7, 11) is 0. The third-order valence-electron chi connectivity index (χ3n) is 1.54. The Hall–Kier alpha value is -1.71. The molecule has 2 heterocycles. The molecule has 3 N–H and O–H groups in total. The lowest BCUT2D eigenvalue weighted by molar-refractivity contribution is 0.457. The zero-order valence-electron chi connectivity index (χ0n) is 5.59. The van der Waals surface area contributed by atoms with Crippen LogP contribution >= 0.6 is 0 Å². The second-order valence-corrected chi connectivity index (χ2v) is 2.29. The number of aromatic amines is 2. The van der Waals surface area contributed by atoms with E-state index >= 15 is 0 Å². The molecular weight excluding hydrogens is 144 g/mol. The van der Waals surface area contributed by atoms with Gasteiger partial charge >= 0.3 is 0 Å². The van der Waals surface area contributed by atoms with Crippen LogP contribution in [-0.4, -0.2) is 15.1 Å². The van der Waals surface area contributed by atoms with E-state index in [2.05, 4.69) is 9.97 Å². The molecule has 0 saturated carbocycles. The van der Waals surface area contributed by atoms with Crippen molar-refractivity contribution in [1.29, 1.82) is 0 Å². The molecule has 0 aliphatic heterocycles. The minimum atomic E-state index is -0.297.